The Morgan fingerprint density at radius 3 is 1.79 bits per heavy atom. The first kappa shape index (κ1) is 24.2. The van der Waals surface area contributed by atoms with E-state index < -0.39 is 0 Å². The molecule has 6 aromatic carbocycles. The highest BCUT2D eigenvalue weighted by atomic mass is 16.5. The summed E-state index contributed by atoms with van der Waals surface area (Å²) in [5, 5.41) is 2.31. The van der Waals surface area contributed by atoms with E-state index in [9.17, 15) is 0 Å². The topological polar surface area (TPSA) is 47.9 Å². The normalized spacial score (nSPS) is 11.9. The molecular formula is C38H25N3O. The van der Waals surface area contributed by atoms with Gasteiger partial charge in [0, 0.05) is 27.6 Å². The van der Waals surface area contributed by atoms with Crippen molar-refractivity contribution in [2.45, 2.75) is 6.61 Å². The van der Waals surface area contributed by atoms with Gasteiger partial charge in [0.15, 0.2) is 17.5 Å². The fourth-order valence-electron chi connectivity index (χ4n) is 5.79. The summed E-state index contributed by atoms with van der Waals surface area (Å²) in [5.74, 6) is 2.89. The third-order valence-electron chi connectivity index (χ3n) is 7.80. The van der Waals surface area contributed by atoms with Gasteiger partial charge in [0.2, 0.25) is 0 Å². The minimum Gasteiger partial charge on any atom is -0.488 e. The maximum absolute atomic E-state index is 6.33. The second kappa shape index (κ2) is 10.1. The van der Waals surface area contributed by atoms with Crippen LogP contribution in [-0.4, -0.2) is 15.0 Å². The number of ether oxygens (including phenoxy) is 1. The standard InChI is InChI=1S/C38H25N3O/c1-3-12-26(13-4-1)36-39-37(27-14-5-2-6-15-27)41-38(40-36)29-17-9-16-28(23-29)31-20-10-18-30-24-42-35-32-19-8-7-11-25(32)21-22-33(35)34(30)31/h1-23H,24H2. The van der Waals surface area contributed by atoms with Crippen molar-refractivity contribution in [3.8, 4) is 62.2 Å². The van der Waals surface area contributed by atoms with Crippen molar-refractivity contribution in [2.75, 3.05) is 0 Å². The van der Waals surface area contributed by atoms with Gasteiger partial charge in [-0.25, -0.2) is 15.0 Å². The molecule has 1 aromatic heterocycles. The van der Waals surface area contributed by atoms with Crippen LogP contribution >= 0.6 is 0 Å². The molecule has 7 aromatic rings. The molecule has 0 N–H and O–H groups in total. The van der Waals surface area contributed by atoms with Gasteiger partial charge in [0.05, 0.1) is 0 Å². The van der Waals surface area contributed by atoms with Crippen LogP contribution in [0, 0.1) is 0 Å². The summed E-state index contributed by atoms with van der Waals surface area (Å²) < 4.78 is 6.33. The van der Waals surface area contributed by atoms with Crippen LogP contribution in [0.15, 0.2) is 140 Å². The first-order chi connectivity index (χ1) is 20.8. The molecule has 4 nitrogen and oxygen atoms in total. The Morgan fingerprint density at radius 1 is 0.452 bits per heavy atom. The zero-order chi connectivity index (χ0) is 27.9. The second-order valence-corrected chi connectivity index (χ2v) is 10.4. The molecule has 4 heteroatoms. The number of hydrogen-bond donors (Lipinski definition) is 0. The number of nitrogens with zero attached hydrogens (tertiary/aromatic N) is 3. The van der Waals surface area contributed by atoms with Crippen LogP contribution in [0.2, 0.25) is 0 Å². The minimum absolute atomic E-state index is 0.540. The van der Waals surface area contributed by atoms with Crippen LogP contribution in [0.1, 0.15) is 5.56 Å². The summed E-state index contributed by atoms with van der Waals surface area (Å²) in [4.78, 5) is 14.8. The molecule has 0 radical (unpaired) electrons. The molecule has 1 aliphatic rings. The Balaban J connectivity index is 1.29. The first-order valence-corrected chi connectivity index (χ1v) is 14.1. The summed E-state index contributed by atoms with van der Waals surface area (Å²) in [6, 6.07) is 47.9. The van der Waals surface area contributed by atoms with Crippen LogP contribution in [-0.2, 0) is 6.61 Å². The maximum atomic E-state index is 6.33. The number of hydrogen-bond acceptors (Lipinski definition) is 4. The van der Waals surface area contributed by atoms with Crippen molar-refractivity contribution in [1.82, 2.24) is 15.0 Å². The van der Waals surface area contributed by atoms with Gasteiger partial charge < -0.3 is 4.74 Å². The quantitative estimate of drug-likeness (QED) is 0.224. The lowest BCUT2D eigenvalue weighted by Gasteiger charge is -2.25. The van der Waals surface area contributed by atoms with Crippen LogP contribution in [0.25, 0.3) is 67.2 Å². The lowest BCUT2D eigenvalue weighted by molar-refractivity contribution is 0.306. The Morgan fingerprint density at radius 2 is 1.05 bits per heavy atom. The molecule has 0 bridgehead atoms. The summed E-state index contributed by atoms with van der Waals surface area (Å²) in [6.45, 7) is 0.540. The predicted octanol–water partition coefficient (Wildman–Crippen LogP) is 9.25. The van der Waals surface area contributed by atoms with Crippen molar-refractivity contribution >= 4 is 10.8 Å². The van der Waals surface area contributed by atoms with Crippen LogP contribution < -0.4 is 4.74 Å². The van der Waals surface area contributed by atoms with Gasteiger partial charge in [0.1, 0.15) is 12.4 Å². The molecule has 0 amide bonds. The smallest absolute Gasteiger partial charge is 0.164 e. The van der Waals surface area contributed by atoms with Crippen LogP contribution in [0.5, 0.6) is 5.75 Å². The highest BCUT2D eigenvalue weighted by Gasteiger charge is 2.23. The fourth-order valence-corrected chi connectivity index (χ4v) is 5.79. The zero-order valence-corrected chi connectivity index (χ0v) is 22.7. The van der Waals surface area contributed by atoms with Crippen molar-refractivity contribution in [3.63, 3.8) is 0 Å². The Kier molecular flexibility index (Phi) is 5.82. The second-order valence-electron chi connectivity index (χ2n) is 10.4. The van der Waals surface area contributed by atoms with Gasteiger partial charge in [-0.15, -0.1) is 0 Å². The molecule has 8 rings (SSSR count). The van der Waals surface area contributed by atoms with E-state index in [1.807, 2.05) is 60.7 Å². The molecule has 0 aliphatic carbocycles. The zero-order valence-electron chi connectivity index (χ0n) is 22.7. The van der Waals surface area contributed by atoms with E-state index in [0.717, 1.165) is 44.5 Å². The Hall–Kier alpha value is -5.61. The summed E-state index contributed by atoms with van der Waals surface area (Å²) >= 11 is 0. The van der Waals surface area contributed by atoms with E-state index in [4.69, 9.17) is 19.7 Å². The first-order valence-electron chi connectivity index (χ1n) is 14.1. The Bertz CT molecular complexity index is 2030. The lowest BCUT2D eigenvalue weighted by atomic mass is 9.87. The van der Waals surface area contributed by atoms with Gasteiger partial charge in [0.25, 0.3) is 0 Å². The van der Waals surface area contributed by atoms with Crippen molar-refractivity contribution in [2.24, 2.45) is 0 Å². The summed E-state index contributed by atoms with van der Waals surface area (Å²) in [7, 11) is 0. The average molecular weight is 540 g/mol. The molecule has 42 heavy (non-hydrogen) atoms. The van der Waals surface area contributed by atoms with Crippen molar-refractivity contribution < 1.29 is 4.74 Å². The van der Waals surface area contributed by atoms with Gasteiger partial charge in [-0.1, -0.05) is 127 Å². The SMILES string of the molecule is c1ccc(-c2nc(-c3ccccc3)nc(-c3cccc(-c4cccc5c4-c4ccc6ccccc6c4OC5)c3)n2)cc1. The minimum atomic E-state index is 0.540. The van der Waals surface area contributed by atoms with Gasteiger partial charge in [-0.2, -0.15) is 0 Å². The van der Waals surface area contributed by atoms with Gasteiger partial charge in [-0.3, -0.25) is 0 Å². The van der Waals surface area contributed by atoms with Gasteiger partial charge in [-0.05, 0) is 39.8 Å². The third kappa shape index (κ3) is 4.21. The molecule has 0 saturated carbocycles. The maximum Gasteiger partial charge on any atom is 0.164 e. The van der Waals surface area contributed by atoms with Gasteiger partial charge >= 0.3 is 0 Å². The fraction of sp³-hybridized carbons (Fsp3) is 0.0263. The summed E-state index contributed by atoms with van der Waals surface area (Å²) in [6.07, 6.45) is 0. The lowest BCUT2D eigenvalue weighted by Crippen LogP contribution is -2.07. The van der Waals surface area contributed by atoms with Crippen molar-refractivity contribution in [3.05, 3.63) is 145 Å². The van der Waals surface area contributed by atoms with E-state index in [0.29, 0.717) is 24.1 Å². The van der Waals surface area contributed by atoms with Crippen LogP contribution in [0.3, 0.4) is 0 Å². The van der Waals surface area contributed by atoms with E-state index >= 15 is 0 Å². The average Bonchev–Trinajstić information content (AvgIpc) is 3.08. The largest absolute Gasteiger partial charge is 0.488 e. The molecule has 0 spiro atoms. The molecule has 198 valence electrons. The summed E-state index contributed by atoms with van der Waals surface area (Å²) in [5.41, 5.74) is 8.63. The number of aromatic nitrogens is 3. The molecule has 0 saturated heterocycles. The molecule has 0 fully saturated rings. The van der Waals surface area contributed by atoms with E-state index in [-0.39, 0.29) is 0 Å². The third-order valence-corrected chi connectivity index (χ3v) is 7.80. The number of benzene rings is 6. The van der Waals surface area contributed by atoms with E-state index in [1.54, 1.807) is 0 Å². The number of rotatable bonds is 4. The Labute approximate surface area is 244 Å². The molecule has 0 unspecified atom stereocenters. The number of fused-ring (bicyclic) bond motifs is 5. The highest BCUT2D eigenvalue weighted by molar-refractivity contribution is 5.99. The molecular weight excluding hydrogens is 514 g/mol. The predicted molar refractivity (Wildman–Crippen MR) is 169 cm³/mol. The highest BCUT2D eigenvalue weighted by Crippen LogP contribution is 2.46. The van der Waals surface area contributed by atoms with E-state index in [2.05, 4.69) is 78.9 Å². The molecule has 2 heterocycles. The van der Waals surface area contributed by atoms with Crippen LogP contribution in [0.4, 0.5) is 0 Å². The van der Waals surface area contributed by atoms with Crippen molar-refractivity contribution in [1.29, 1.82) is 0 Å². The van der Waals surface area contributed by atoms with E-state index in [1.165, 1.54) is 16.5 Å². The molecule has 0 atom stereocenters. The molecule has 1 aliphatic heterocycles. The monoisotopic (exact) mass is 539 g/mol.